The average molecular weight is 455 g/mol. The zero-order valence-electron chi connectivity index (χ0n) is 21.1. The SMILES string of the molecule is COc1ccc(COC[C@](C)(/C=C/CO[Si](C)(C)C(C)(C)C)CCc2ccccc2)cc1. The monoisotopic (exact) mass is 454 g/mol. The van der Waals surface area contributed by atoms with Crippen molar-refractivity contribution < 1.29 is 13.9 Å². The fraction of sp³-hybridized carbons (Fsp3) is 0.500. The summed E-state index contributed by atoms with van der Waals surface area (Å²) in [6.45, 7) is 15.6. The number of hydrogen-bond acceptors (Lipinski definition) is 3. The summed E-state index contributed by atoms with van der Waals surface area (Å²) in [5.74, 6) is 0.867. The first-order chi connectivity index (χ1) is 15.0. The lowest BCUT2D eigenvalue weighted by atomic mass is 9.84. The molecule has 32 heavy (non-hydrogen) atoms. The molecule has 0 aliphatic heterocycles. The molecule has 3 nitrogen and oxygen atoms in total. The van der Waals surface area contributed by atoms with Crippen LogP contribution in [-0.2, 0) is 22.2 Å². The van der Waals surface area contributed by atoms with Crippen molar-refractivity contribution in [3.63, 3.8) is 0 Å². The smallest absolute Gasteiger partial charge is 0.192 e. The Balaban J connectivity index is 1.99. The summed E-state index contributed by atoms with van der Waals surface area (Å²) < 4.78 is 17.8. The van der Waals surface area contributed by atoms with E-state index in [0.29, 0.717) is 19.8 Å². The van der Waals surface area contributed by atoms with Gasteiger partial charge in [0, 0.05) is 5.41 Å². The van der Waals surface area contributed by atoms with E-state index in [4.69, 9.17) is 13.9 Å². The van der Waals surface area contributed by atoms with Crippen molar-refractivity contribution in [1.82, 2.24) is 0 Å². The molecule has 0 N–H and O–H groups in total. The number of benzene rings is 2. The molecule has 0 fully saturated rings. The van der Waals surface area contributed by atoms with Gasteiger partial charge in [0.2, 0.25) is 0 Å². The van der Waals surface area contributed by atoms with Crippen LogP contribution in [0.5, 0.6) is 5.75 Å². The average Bonchev–Trinajstić information content (AvgIpc) is 2.76. The van der Waals surface area contributed by atoms with Crippen LogP contribution < -0.4 is 4.74 Å². The van der Waals surface area contributed by atoms with E-state index in [1.807, 2.05) is 12.1 Å². The third kappa shape index (κ3) is 8.57. The minimum atomic E-state index is -1.74. The van der Waals surface area contributed by atoms with Crippen LogP contribution in [0.4, 0.5) is 0 Å². The standard InChI is InChI=1S/C28H42O3Si/c1-27(2,3)32(6,7)31-21-11-19-28(4,20-18-24-12-9-8-10-13-24)23-30-22-25-14-16-26(29-5)17-15-25/h8-17,19H,18,20-23H2,1-7H3/b19-11+/t28-/m1/s1. The fourth-order valence-corrected chi connectivity index (χ4v) is 4.15. The summed E-state index contributed by atoms with van der Waals surface area (Å²) in [4.78, 5) is 0. The number of hydrogen-bond donors (Lipinski definition) is 0. The molecular formula is C28H42O3Si. The van der Waals surface area contributed by atoms with E-state index in [-0.39, 0.29) is 10.5 Å². The van der Waals surface area contributed by atoms with Crippen molar-refractivity contribution in [3.05, 3.63) is 77.9 Å². The molecule has 4 heteroatoms. The second-order valence-corrected chi connectivity index (χ2v) is 15.3. The Morgan fingerprint density at radius 2 is 1.53 bits per heavy atom. The van der Waals surface area contributed by atoms with E-state index in [0.717, 1.165) is 24.2 Å². The Bertz CT molecular complexity index is 822. The lowest BCUT2D eigenvalue weighted by Crippen LogP contribution is -2.40. The molecule has 0 unspecified atom stereocenters. The Morgan fingerprint density at radius 1 is 0.875 bits per heavy atom. The topological polar surface area (TPSA) is 27.7 Å². The molecule has 0 saturated carbocycles. The van der Waals surface area contributed by atoms with Crippen LogP contribution in [0.1, 0.15) is 45.2 Å². The first-order valence-corrected chi connectivity index (χ1v) is 14.5. The van der Waals surface area contributed by atoms with Crippen LogP contribution in [0.25, 0.3) is 0 Å². The lowest BCUT2D eigenvalue weighted by Gasteiger charge is -2.36. The van der Waals surface area contributed by atoms with E-state index >= 15 is 0 Å². The summed E-state index contributed by atoms with van der Waals surface area (Å²) in [6.07, 6.45) is 6.55. The molecule has 0 amide bonds. The van der Waals surface area contributed by atoms with E-state index in [1.54, 1.807) is 7.11 Å². The molecule has 1 atom stereocenters. The summed E-state index contributed by atoms with van der Waals surface area (Å²) in [6, 6.07) is 18.7. The van der Waals surface area contributed by atoms with Gasteiger partial charge in [-0.2, -0.15) is 0 Å². The molecule has 0 saturated heterocycles. The van der Waals surface area contributed by atoms with Crippen LogP contribution >= 0.6 is 0 Å². The summed E-state index contributed by atoms with van der Waals surface area (Å²) in [7, 11) is -0.0572. The predicted octanol–water partition coefficient (Wildman–Crippen LogP) is 7.43. The van der Waals surface area contributed by atoms with E-state index < -0.39 is 8.32 Å². The molecular weight excluding hydrogens is 412 g/mol. The Labute approximate surface area is 196 Å². The predicted molar refractivity (Wildman–Crippen MR) is 138 cm³/mol. The van der Waals surface area contributed by atoms with E-state index in [9.17, 15) is 0 Å². The highest BCUT2D eigenvalue weighted by molar-refractivity contribution is 6.74. The van der Waals surface area contributed by atoms with E-state index in [1.165, 1.54) is 5.56 Å². The summed E-state index contributed by atoms with van der Waals surface area (Å²) >= 11 is 0. The maximum atomic E-state index is 6.35. The number of ether oxygens (including phenoxy) is 2. The quantitative estimate of drug-likeness (QED) is 0.246. The van der Waals surface area contributed by atoms with Gasteiger partial charge in [-0.15, -0.1) is 0 Å². The zero-order valence-corrected chi connectivity index (χ0v) is 22.1. The number of methoxy groups -OCH3 is 1. The highest BCUT2D eigenvalue weighted by Gasteiger charge is 2.36. The van der Waals surface area contributed by atoms with Crippen LogP contribution in [0.15, 0.2) is 66.7 Å². The molecule has 0 aliphatic carbocycles. The highest BCUT2D eigenvalue weighted by Crippen LogP contribution is 2.36. The van der Waals surface area contributed by atoms with Gasteiger partial charge in [-0.25, -0.2) is 0 Å². The van der Waals surface area contributed by atoms with Crippen LogP contribution in [0.2, 0.25) is 18.1 Å². The number of rotatable bonds is 12. The molecule has 2 aromatic carbocycles. The molecule has 0 aromatic heterocycles. The normalized spacial score (nSPS) is 14.5. The van der Waals surface area contributed by atoms with Gasteiger partial charge in [-0.3, -0.25) is 0 Å². The Hall–Kier alpha value is -1.88. The van der Waals surface area contributed by atoms with Gasteiger partial charge in [-0.1, -0.05) is 82.3 Å². The van der Waals surface area contributed by atoms with Gasteiger partial charge in [-0.05, 0) is 54.2 Å². The molecule has 0 bridgehead atoms. The van der Waals surface area contributed by atoms with Crippen LogP contribution in [-0.4, -0.2) is 28.6 Å². The van der Waals surface area contributed by atoms with Crippen molar-refractivity contribution in [2.24, 2.45) is 5.41 Å². The summed E-state index contributed by atoms with van der Waals surface area (Å²) in [5, 5.41) is 0.221. The van der Waals surface area contributed by atoms with Crippen molar-refractivity contribution in [1.29, 1.82) is 0 Å². The maximum Gasteiger partial charge on any atom is 0.192 e. The molecule has 0 heterocycles. The van der Waals surface area contributed by atoms with E-state index in [2.05, 4.69) is 95.4 Å². The molecule has 0 radical (unpaired) electrons. The van der Waals surface area contributed by atoms with Crippen LogP contribution in [0.3, 0.4) is 0 Å². The fourth-order valence-electron chi connectivity index (χ4n) is 3.21. The molecule has 0 aliphatic rings. The van der Waals surface area contributed by atoms with Gasteiger partial charge in [0.05, 0.1) is 26.9 Å². The largest absolute Gasteiger partial charge is 0.497 e. The molecule has 2 rings (SSSR count). The number of aryl methyl sites for hydroxylation is 1. The van der Waals surface area contributed by atoms with Gasteiger partial charge >= 0.3 is 0 Å². The second kappa shape index (κ2) is 11.8. The zero-order chi connectivity index (χ0) is 23.7. The minimum absolute atomic E-state index is 0.0564. The van der Waals surface area contributed by atoms with Crippen LogP contribution in [0, 0.1) is 5.41 Å². The van der Waals surface area contributed by atoms with Gasteiger partial charge in [0.1, 0.15) is 5.75 Å². The Kier molecular flexibility index (Phi) is 9.75. The van der Waals surface area contributed by atoms with Gasteiger partial charge < -0.3 is 13.9 Å². The minimum Gasteiger partial charge on any atom is -0.497 e. The highest BCUT2D eigenvalue weighted by atomic mass is 28.4. The Morgan fingerprint density at radius 3 is 2.12 bits per heavy atom. The van der Waals surface area contributed by atoms with Gasteiger partial charge in [0.15, 0.2) is 8.32 Å². The van der Waals surface area contributed by atoms with Crippen molar-refractivity contribution in [2.75, 3.05) is 20.3 Å². The van der Waals surface area contributed by atoms with Gasteiger partial charge in [0.25, 0.3) is 0 Å². The lowest BCUT2D eigenvalue weighted by molar-refractivity contribution is 0.0604. The van der Waals surface area contributed by atoms with Crippen molar-refractivity contribution >= 4 is 8.32 Å². The maximum absolute atomic E-state index is 6.35. The molecule has 176 valence electrons. The van der Waals surface area contributed by atoms with Crippen molar-refractivity contribution in [2.45, 2.75) is 65.3 Å². The first-order valence-electron chi connectivity index (χ1n) is 11.6. The summed E-state index contributed by atoms with van der Waals surface area (Å²) in [5.41, 5.74) is 2.46. The third-order valence-electron chi connectivity index (χ3n) is 6.55. The first kappa shape index (κ1) is 26.4. The molecule has 2 aromatic rings. The third-order valence-corrected chi connectivity index (χ3v) is 11.1. The van der Waals surface area contributed by atoms with Crippen molar-refractivity contribution in [3.8, 4) is 5.75 Å². The second-order valence-electron chi connectivity index (χ2n) is 10.5. The molecule has 0 spiro atoms.